The smallest absolute Gasteiger partial charge is 0.230 e. The highest BCUT2D eigenvalue weighted by Crippen LogP contribution is 2.38. The number of unbranched alkanes of at least 4 members (excludes halogenated alkanes) is 1. The van der Waals surface area contributed by atoms with Gasteiger partial charge in [0.25, 0.3) is 0 Å². The Morgan fingerprint density at radius 3 is 2.43 bits per heavy atom. The van der Waals surface area contributed by atoms with Gasteiger partial charge in [-0.25, -0.2) is 9.37 Å². The molecular formula is C38H46FN5O2S. The Bertz CT molecular complexity index is 1830. The molecule has 0 aliphatic rings. The maximum absolute atomic E-state index is 13.5. The van der Waals surface area contributed by atoms with E-state index in [-0.39, 0.29) is 28.3 Å². The average Bonchev–Trinajstić information content (AvgIpc) is 3.38. The van der Waals surface area contributed by atoms with E-state index in [2.05, 4.69) is 79.8 Å². The van der Waals surface area contributed by atoms with Crippen LogP contribution in [0.25, 0.3) is 22.1 Å². The van der Waals surface area contributed by atoms with E-state index >= 15 is 0 Å². The summed E-state index contributed by atoms with van der Waals surface area (Å²) in [5.74, 6) is 0.799. The van der Waals surface area contributed by atoms with Crippen LogP contribution in [0.5, 0.6) is 5.75 Å². The second kappa shape index (κ2) is 14.8. The highest BCUT2D eigenvalue weighted by molar-refractivity contribution is 7.99. The molecule has 0 bridgehead atoms. The molecule has 3 aromatic carbocycles. The summed E-state index contributed by atoms with van der Waals surface area (Å²) in [5, 5.41) is 13.2. The Morgan fingerprint density at radius 2 is 1.68 bits per heavy atom. The van der Waals surface area contributed by atoms with Gasteiger partial charge in [0.05, 0.1) is 17.9 Å². The number of amides is 1. The van der Waals surface area contributed by atoms with Crippen LogP contribution in [0.4, 0.5) is 4.39 Å². The second-order valence-electron chi connectivity index (χ2n) is 13.4. The molecule has 5 aromatic rings. The average molecular weight is 656 g/mol. The zero-order valence-electron chi connectivity index (χ0n) is 28.4. The monoisotopic (exact) mass is 655 g/mol. The van der Waals surface area contributed by atoms with Gasteiger partial charge in [-0.2, -0.15) is 0 Å². The van der Waals surface area contributed by atoms with Crippen LogP contribution in [0.1, 0.15) is 83.9 Å². The molecule has 2 aromatic heterocycles. The predicted octanol–water partition coefficient (Wildman–Crippen LogP) is 8.61. The minimum Gasteiger partial charge on any atom is -0.493 e. The van der Waals surface area contributed by atoms with Gasteiger partial charge in [0.15, 0.2) is 5.65 Å². The topological polar surface area (TPSA) is 81.9 Å². The summed E-state index contributed by atoms with van der Waals surface area (Å²) >= 11 is 1.26. The largest absolute Gasteiger partial charge is 0.493 e. The van der Waals surface area contributed by atoms with Gasteiger partial charge in [-0.1, -0.05) is 95.8 Å². The van der Waals surface area contributed by atoms with E-state index in [0.717, 1.165) is 47.9 Å². The fourth-order valence-corrected chi connectivity index (χ4v) is 6.11. The first-order chi connectivity index (χ1) is 22.5. The Balaban J connectivity index is 1.13. The number of carbonyl (C=O) groups is 1. The van der Waals surface area contributed by atoms with Gasteiger partial charge in [0.2, 0.25) is 11.1 Å². The Morgan fingerprint density at radius 1 is 0.936 bits per heavy atom. The summed E-state index contributed by atoms with van der Waals surface area (Å²) < 4.78 is 21.9. The molecular weight excluding hydrogens is 610 g/mol. The van der Waals surface area contributed by atoms with Gasteiger partial charge in [0, 0.05) is 24.0 Å². The van der Waals surface area contributed by atoms with Crippen LogP contribution < -0.4 is 10.1 Å². The van der Waals surface area contributed by atoms with E-state index in [1.54, 1.807) is 12.1 Å². The van der Waals surface area contributed by atoms with E-state index in [0.29, 0.717) is 36.0 Å². The molecule has 47 heavy (non-hydrogen) atoms. The number of thioether (sulfide) groups is 1. The number of halogens is 1. The van der Waals surface area contributed by atoms with Crippen molar-refractivity contribution in [1.29, 1.82) is 0 Å². The minimum absolute atomic E-state index is 0.0176. The normalized spacial score (nSPS) is 12.1. The molecule has 5 rings (SSSR count). The van der Waals surface area contributed by atoms with Crippen molar-refractivity contribution in [2.75, 3.05) is 18.9 Å². The number of fused-ring (bicyclic) bond motifs is 3. The van der Waals surface area contributed by atoms with Crippen LogP contribution in [0, 0.1) is 5.82 Å². The molecule has 9 heteroatoms. The molecule has 0 fully saturated rings. The SMILES string of the molecule is CCC(C)(C)c1ccc(OCCCCNC(=O)CSc2nnc3c4ccccc4n(Cc4ccc(F)cc4)c3n2)c(C(C)(C)CC)c1. The van der Waals surface area contributed by atoms with E-state index in [1.165, 1.54) is 35.0 Å². The van der Waals surface area contributed by atoms with Crippen molar-refractivity contribution in [2.45, 2.75) is 89.8 Å². The fraction of sp³-hybridized carbons (Fsp3) is 0.421. The van der Waals surface area contributed by atoms with Crippen molar-refractivity contribution in [1.82, 2.24) is 25.1 Å². The third-order valence-corrected chi connectivity index (χ3v) is 10.2. The molecule has 0 aliphatic heterocycles. The van der Waals surface area contributed by atoms with E-state index in [1.807, 2.05) is 24.3 Å². The lowest BCUT2D eigenvalue weighted by atomic mass is 9.76. The molecule has 1 amide bonds. The van der Waals surface area contributed by atoms with Crippen LogP contribution in [0.2, 0.25) is 0 Å². The fourth-order valence-electron chi connectivity index (χ4n) is 5.50. The van der Waals surface area contributed by atoms with E-state index in [9.17, 15) is 9.18 Å². The molecule has 0 saturated carbocycles. The molecule has 1 N–H and O–H groups in total. The molecule has 248 valence electrons. The molecule has 0 unspecified atom stereocenters. The minimum atomic E-state index is -0.271. The summed E-state index contributed by atoms with van der Waals surface area (Å²) in [4.78, 5) is 17.4. The zero-order valence-corrected chi connectivity index (χ0v) is 29.2. The summed E-state index contributed by atoms with van der Waals surface area (Å²) in [6.07, 6.45) is 3.76. The first kappa shape index (κ1) is 34.4. The van der Waals surface area contributed by atoms with Gasteiger partial charge >= 0.3 is 0 Å². The molecule has 0 saturated heterocycles. The lowest BCUT2D eigenvalue weighted by Crippen LogP contribution is -2.26. The summed E-state index contributed by atoms with van der Waals surface area (Å²) in [6.45, 7) is 15.3. The Hall–Kier alpha value is -3.98. The standard InChI is InChI=1S/C38H46FN5O2S/c1-7-37(3,4)27-17-20-32(30(23-27)38(5,6)8-2)46-22-12-11-21-40-33(45)25-47-36-41-35-34(42-43-36)29-13-9-10-14-31(29)44(35)24-26-15-18-28(39)19-16-26/h9-10,13-20,23H,7-8,11-12,21-22,24-25H2,1-6H3,(H,40,45). The molecule has 2 heterocycles. The van der Waals surface area contributed by atoms with E-state index < -0.39 is 0 Å². The third kappa shape index (κ3) is 8.12. The molecule has 0 atom stereocenters. The molecule has 0 aliphatic carbocycles. The molecule has 0 radical (unpaired) electrons. The number of benzene rings is 3. The predicted molar refractivity (Wildman–Crippen MR) is 190 cm³/mol. The van der Waals surface area contributed by atoms with Crippen molar-refractivity contribution in [3.05, 3.63) is 89.2 Å². The van der Waals surface area contributed by atoms with Crippen molar-refractivity contribution < 1.29 is 13.9 Å². The number of para-hydroxylation sites is 1. The van der Waals surface area contributed by atoms with Crippen molar-refractivity contribution in [2.24, 2.45) is 0 Å². The number of carbonyl (C=O) groups excluding carboxylic acids is 1. The van der Waals surface area contributed by atoms with Gasteiger partial charge < -0.3 is 14.6 Å². The number of aromatic nitrogens is 4. The summed E-state index contributed by atoms with van der Waals surface area (Å²) in [6, 6.07) is 21.1. The van der Waals surface area contributed by atoms with Crippen LogP contribution >= 0.6 is 11.8 Å². The first-order valence-electron chi connectivity index (χ1n) is 16.6. The number of ether oxygens (including phenoxy) is 1. The van der Waals surface area contributed by atoms with Crippen molar-refractivity contribution in [3.63, 3.8) is 0 Å². The lowest BCUT2D eigenvalue weighted by molar-refractivity contribution is -0.118. The summed E-state index contributed by atoms with van der Waals surface area (Å²) in [7, 11) is 0. The molecule has 7 nitrogen and oxygen atoms in total. The van der Waals surface area contributed by atoms with Crippen LogP contribution in [0.3, 0.4) is 0 Å². The number of nitrogens with zero attached hydrogens (tertiary/aromatic N) is 4. The van der Waals surface area contributed by atoms with Gasteiger partial charge in [-0.3, -0.25) is 4.79 Å². The number of hydrogen-bond acceptors (Lipinski definition) is 6. The highest BCUT2D eigenvalue weighted by Gasteiger charge is 2.26. The van der Waals surface area contributed by atoms with Gasteiger partial charge in [-0.05, 0) is 71.9 Å². The van der Waals surface area contributed by atoms with Crippen molar-refractivity contribution in [3.8, 4) is 5.75 Å². The number of nitrogens with one attached hydrogen (secondary N) is 1. The molecule has 0 spiro atoms. The second-order valence-corrected chi connectivity index (χ2v) is 14.3. The summed E-state index contributed by atoms with van der Waals surface area (Å²) in [5.41, 5.74) is 6.05. The zero-order chi connectivity index (χ0) is 33.6. The number of hydrogen-bond donors (Lipinski definition) is 1. The lowest BCUT2D eigenvalue weighted by Gasteiger charge is -2.30. The number of rotatable bonds is 15. The maximum atomic E-state index is 13.5. The highest BCUT2D eigenvalue weighted by atomic mass is 32.2. The maximum Gasteiger partial charge on any atom is 0.230 e. The van der Waals surface area contributed by atoms with Crippen LogP contribution in [-0.4, -0.2) is 44.6 Å². The third-order valence-electron chi connectivity index (χ3n) is 9.35. The van der Waals surface area contributed by atoms with Gasteiger partial charge in [0.1, 0.15) is 17.1 Å². The van der Waals surface area contributed by atoms with E-state index in [4.69, 9.17) is 9.72 Å². The first-order valence-corrected chi connectivity index (χ1v) is 17.5. The Kier molecular flexibility index (Phi) is 10.8. The van der Waals surface area contributed by atoms with Crippen LogP contribution in [0.15, 0.2) is 71.9 Å². The Labute approximate surface area is 281 Å². The quantitative estimate of drug-likeness (QED) is 0.0899. The van der Waals surface area contributed by atoms with Crippen LogP contribution in [-0.2, 0) is 22.2 Å². The van der Waals surface area contributed by atoms with Crippen molar-refractivity contribution >= 4 is 39.7 Å². The van der Waals surface area contributed by atoms with Gasteiger partial charge in [-0.15, -0.1) is 10.2 Å².